The quantitative estimate of drug-likeness (QED) is 0.754. The van der Waals surface area contributed by atoms with Crippen LogP contribution in [0.3, 0.4) is 0 Å². The first-order chi connectivity index (χ1) is 10.3. The molecule has 6 nitrogen and oxygen atoms in total. The maximum absolute atomic E-state index is 12.0. The lowest BCUT2D eigenvalue weighted by Gasteiger charge is -2.07. The Morgan fingerprint density at radius 2 is 2.19 bits per heavy atom. The van der Waals surface area contributed by atoms with Crippen molar-refractivity contribution in [3.63, 3.8) is 0 Å². The van der Waals surface area contributed by atoms with Crippen LogP contribution in [0.2, 0.25) is 0 Å². The molecule has 0 aliphatic heterocycles. The van der Waals surface area contributed by atoms with Crippen LogP contribution in [0.15, 0.2) is 42.9 Å². The number of amides is 1. The third kappa shape index (κ3) is 4.85. The van der Waals surface area contributed by atoms with E-state index in [1.165, 1.54) is 0 Å². The van der Waals surface area contributed by atoms with Gasteiger partial charge in [-0.2, -0.15) is 0 Å². The van der Waals surface area contributed by atoms with Gasteiger partial charge in [0.1, 0.15) is 5.82 Å². The van der Waals surface area contributed by atoms with E-state index in [-0.39, 0.29) is 5.91 Å². The van der Waals surface area contributed by atoms with Gasteiger partial charge in [-0.3, -0.25) is 9.78 Å². The predicted molar refractivity (Wildman–Crippen MR) is 80.0 cm³/mol. The maximum Gasteiger partial charge on any atom is 0.253 e. The number of pyridine rings is 2. The monoisotopic (exact) mass is 286 g/mol. The number of ether oxygens (including phenoxy) is 1. The van der Waals surface area contributed by atoms with E-state index in [9.17, 15) is 4.79 Å². The first-order valence-electron chi connectivity index (χ1n) is 6.65. The third-order valence-corrected chi connectivity index (χ3v) is 2.81. The summed E-state index contributed by atoms with van der Waals surface area (Å²) in [6.45, 7) is 1.73. The highest BCUT2D eigenvalue weighted by molar-refractivity contribution is 5.93. The molecule has 2 aromatic heterocycles. The van der Waals surface area contributed by atoms with E-state index in [0.717, 1.165) is 11.4 Å². The van der Waals surface area contributed by atoms with Crippen molar-refractivity contribution in [1.29, 1.82) is 0 Å². The third-order valence-electron chi connectivity index (χ3n) is 2.81. The lowest BCUT2D eigenvalue weighted by atomic mass is 10.2. The minimum Gasteiger partial charge on any atom is -0.383 e. The number of anilines is 1. The first-order valence-corrected chi connectivity index (χ1v) is 6.65. The van der Waals surface area contributed by atoms with Crippen LogP contribution in [-0.2, 0) is 11.3 Å². The van der Waals surface area contributed by atoms with Crippen LogP contribution in [0, 0.1) is 0 Å². The highest BCUT2D eigenvalue weighted by atomic mass is 16.5. The molecule has 2 rings (SSSR count). The number of carbonyl (C=O) groups excluding carboxylic acids is 1. The van der Waals surface area contributed by atoms with Gasteiger partial charge in [-0.1, -0.05) is 6.07 Å². The zero-order valence-electron chi connectivity index (χ0n) is 11.9. The lowest BCUT2D eigenvalue weighted by molar-refractivity contribution is 0.0950. The second kappa shape index (κ2) is 7.96. The number of nitrogens with zero attached hydrogens (tertiary/aromatic N) is 2. The number of methoxy groups -OCH3 is 1. The Bertz CT molecular complexity index is 558. The van der Waals surface area contributed by atoms with Crippen molar-refractivity contribution in [3.05, 3.63) is 54.0 Å². The number of aromatic nitrogens is 2. The Morgan fingerprint density at radius 3 is 2.86 bits per heavy atom. The van der Waals surface area contributed by atoms with Crippen molar-refractivity contribution in [2.45, 2.75) is 6.54 Å². The van der Waals surface area contributed by atoms with Gasteiger partial charge in [-0.15, -0.1) is 0 Å². The Morgan fingerprint density at radius 1 is 1.29 bits per heavy atom. The molecule has 6 heteroatoms. The molecule has 2 aromatic rings. The minimum absolute atomic E-state index is 0.158. The molecule has 0 fully saturated rings. The van der Waals surface area contributed by atoms with Crippen LogP contribution in [0.4, 0.5) is 5.82 Å². The molecular formula is C15H18N4O2. The number of hydrogen-bond donors (Lipinski definition) is 2. The molecule has 110 valence electrons. The summed E-state index contributed by atoms with van der Waals surface area (Å²) in [6, 6.07) is 7.26. The summed E-state index contributed by atoms with van der Waals surface area (Å²) in [7, 11) is 1.64. The topological polar surface area (TPSA) is 76.1 Å². The molecule has 0 spiro atoms. The highest BCUT2D eigenvalue weighted by Crippen LogP contribution is 2.05. The molecule has 21 heavy (non-hydrogen) atoms. The van der Waals surface area contributed by atoms with Gasteiger partial charge in [0, 0.05) is 38.8 Å². The van der Waals surface area contributed by atoms with Crippen LogP contribution in [0.5, 0.6) is 0 Å². The van der Waals surface area contributed by atoms with E-state index in [2.05, 4.69) is 20.6 Å². The molecule has 0 bridgehead atoms. The molecule has 0 saturated carbocycles. The second-order valence-corrected chi connectivity index (χ2v) is 4.40. The molecule has 1 amide bonds. The average molecular weight is 286 g/mol. The van der Waals surface area contributed by atoms with Crippen molar-refractivity contribution in [2.75, 3.05) is 25.6 Å². The van der Waals surface area contributed by atoms with E-state index in [0.29, 0.717) is 25.3 Å². The van der Waals surface area contributed by atoms with E-state index in [1.54, 1.807) is 37.8 Å². The number of nitrogens with one attached hydrogen (secondary N) is 2. The fraction of sp³-hybridized carbons (Fsp3) is 0.267. The molecule has 0 aliphatic rings. The Labute approximate surface area is 123 Å². The van der Waals surface area contributed by atoms with Gasteiger partial charge in [0.2, 0.25) is 0 Å². The van der Waals surface area contributed by atoms with Crippen molar-refractivity contribution in [2.24, 2.45) is 0 Å². The van der Waals surface area contributed by atoms with E-state index in [1.807, 2.05) is 12.1 Å². The van der Waals surface area contributed by atoms with E-state index < -0.39 is 0 Å². The first kappa shape index (κ1) is 14.9. The van der Waals surface area contributed by atoms with Gasteiger partial charge in [-0.25, -0.2) is 4.98 Å². The summed E-state index contributed by atoms with van der Waals surface area (Å²) in [4.78, 5) is 20.2. The lowest BCUT2D eigenvalue weighted by Crippen LogP contribution is -2.23. The van der Waals surface area contributed by atoms with Gasteiger partial charge in [0.15, 0.2) is 0 Å². The van der Waals surface area contributed by atoms with Crippen LogP contribution in [-0.4, -0.2) is 36.1 Å². The molecule has 0 unspecified atom stereocenters. The SMILES string of the molecule is COCCNc1ccc(C(=O)NCc2cccnc2)cn1. The maximum atomic E-state index is 12.0. The van der Waals surface area contributed by atoms with Gasteiger partial charge in [-0.05, 0) is 23.8 Å². The summed E-state index contributed by atoms with van der Waals surface area (Å²) in [5.74, 6) is 0.561. The van der Waals surface area contributed by atoms with Crippen LogP contribution in [0.1, 0.15) is 15.9 Å². The van der Waals surface area contributed by atoms with Crippen molar-refractivity contribution < 1.29 is 9.53 Å². The normalized spacial score (nSPS) is 10.1. The molecule has 0 saturated heterocycles. The summed E-state index contributed by atoms with van der Waals surface area (Å²) in [5, 5.41) is 5.92. The predicted octanol–water partition coefficient (Wildman–Crippen LogP) is 1.46. The van der Waals surface area contributed by atoms with Crippen LogP contribution < -0.4 is 10.6 Å². The summed E-state index contributed by atoms with van der Waals surface area (Å²) < 4.78 is 4.94. The van der Waals surface area contributed by atoms with Crippen molar-refractivity contribution >= 4 is 11.7 Å². The van der Waals surface area contributed by atoms with E-state index >= 15 is 0 Å². The van der Waals surface area contributed by atoms with Gasteiger partial charge in [0.25, 0.3) is 5.91 Å². The zero-order valence-corrected chi connectivity index (χ0v) is 11.9. The Hall–Kier alpha value is -2.47. The smallest absolute Gasteiger partial charge is 0.253 e. The standard InChI is InChI=1S/C15H18N4O2/c1-21-8-7-17-14-5-4-13(11-18-14)15(20)19-10-12-3-2-6-16-9-12/h2-6,9,11H,7-8,10H2,1H3,(H,17,18)(H,19,20). The van der Waals surface area contributed by atoms with Gasteiger partial charge < -0.3 is 15.4 Å². The van der Waals surface area contributed by atoms with Gasteiger partial charge in [0.05, 0.1) is 12.2 Å². The molecule has 2 N–H and O–H groups in total. The largest absolute Gasteiger partial charge is 0.383 e. The second-order valence-electron chi connectivity index (χ2n) is 4.40. The van der Waals surface area contributed by atoms with Crippen LogP contribution in [0.25, 0.3) is 0 Å². The fourth-order valence-electron chi connectivity index (χ4n) is 1.70. The van der Waals surface area contributed by atoms with Crippen molar-refractivity contribution in [1.82, 2.24) is 15.3 Å². The number of carbonyl (C=O) groups is 1. The fourth-order valence-corrected chi connectivity index (χ4v) is 1.70. The summed E-state index contributed by atoms with van der Waals surface area (Å²) in [6.07, 6.45) is 4.97. The Kier molecular flexibility index (Phi) is 5.66. The highest BCUT2D eigenvalue weighted by Gasteiger charge is 2.05. The zero-order chi connectivity index (χ0) is 14.9. The van der Waals surface area contributed by atoms with Crippen molar-refractivity contribution in [3.8, 4) is 0 Å². The molecule has 0 aliphatic carbocycles. The molecule has 0 aromatic carbocycles. The summed E-state index contributed by atoms with van der Waals surface area (Å²) >= 11 is 0. The average Bonchev–Trinajstić information content (AvgIpc) is 2.54. The van der Waals surface area contributed by atoms with Gasteiger partial charge >= 0.3 is 0 Å². The molecular weight excluding hydrogens is 268 g/mol. The number of rotatable bonds is 7. The van der Waals surface area contributed by atoms with E-state index in [4.69, 9.17) is 4.74 Å². The Balaban J connectivity index is 1.85. The molecule has 0 atom stereocenters. The summed E-state index contributed by atoms with van der Waals surface area (Å²) in [5.41, 5.74) is 1.48. The molecule has 0 radical (unpaired) electrons. The van der Waals surface area contributed by atoms with Crippen LogP contribution >= 0.6 is 0 Å². The molecule has 2 heterocycles. The minimum atomic E-state index is -0.158. The number of hydrogen-bond acceptors (Lipinski definition) is 5.